The summed E-state index contributed by atoms with van der Waals surface area (Å²) in [6.07, 6.45) is 0.530. The van der Waals surface area contributed by atoms with Crippen molar-refractivity contribution in [3.05, 3.63) is 0 Å². The van der Waals surface area contributed by atoms with Gasteiger partial charge in [-0.3, -0.25) is 4.79 Å². The molecule has 0 aromatic carbocycles. The first kappa shape index (κ1) is 28.5. The van der Waals surface area contributed by atoms with E-state index in [4.69, 9.17) is 15.2 Å². The van der Waals surface area contributed by atoms with E-state index in [1.165, 1.54) is 4.90 Å². The minimum absolute atomic E-state index is 0.0554. The van der Waals surface area contributed by atoms with E-state index in [9.17, 15) is 24.3 Å². The molecule has 33 heavy (non-hydrogen) atoms. The summed E-state index contributed by atoms with van der Waals surface area (Å²) in [5.74, 6) is -1.42. The van der Waals surface area contributed by atoms with E-state index in [1.54, 1.807) is 41.5 Å². The summed E-state index contributed by atoms with van der Waals surface area (Å²) in [5, 5.41) is 14.8. The third kappa shape index (κ3) is 10.3. The number of unbranched alkanes of at least 4 members (excludes halogenated alkanes) is 1. The average Bonchev–Trinajstić information content (AvgIpc) is 2.64. The molecule has 1 heterocycles. The first-order valence-electron chi connectivity index (χ1n) is 11.3. The van der Waals surface area contributed by atoms with Gasteiger partial charge in [0, 0.05) is 19.6 Å². The predicted octanol–water partition coefficient (Wildman–Crippen LogP) is 1.98. The molecule has 1 rings (SSSR count). The number of hydrogen-bond acceptors (Lipinski definition) is 7. The number of alkyl carbamates (subject to hydrolysis) is 2. The first-order valence-corrected chi connectivity index (χ1v) is 11.3. The number of nitrogens with two attached hydrogens (primary N) is 1. The highest BCUT2D eigenvalue weighted by Crippen LogP contribution is 2.24. The van der Waals surface area contributed by atoms with Gasteiger partial charge in [0.25, 0.3) is 0 Å². The molecule has 5 N–H and O–H groups in total. The fourth-order valence-electron chi connectivity index (χ4n) is 3.35. The Morgan fingerprint density at radius 3 is 1.97 bits per heavy atom. The minimum atomic E-state index is -1.49. The SMILES string of the molecule is CC(C)(C)OC(=O)NCCCCC(N)C(=O)N1CCC(NC(=O)OC(C)(C)C)(C(=O)O)CC1. The fourth-order valence-corrected chi connectivity index (χ4v) is 3.35. The van der Waals surface area contributed by atoms with E-state index in [0.29, 0.717) is 25.8 Å². The zero-order valence-corrected chi connectivity index (χ0v) is 20.7. The molecule has 0 bridgehead atoms. The Morgan fingerprint density at radius 1 is 0.970 bits per heavy atom. The van der Waals surface area contributed by atoms with Gasteiger partial charge in [0.1, 0.15) is 16.7 Å². The van der Waals surface area contributed by atoms with Crippen LogP contribution < -0.4 is 16.4 Å². The zero-order chi connectivity index (χ0) is 25.4. The molecule has 3 amide bonds. The van der Waals surface area contributed by atoms with Crippen LogP contribution in [0.1, 0.15) is 73.6 Å². The van der Waals surface area contributed by atoms with Gasteiger partial charge in [0.05, 0.1) is 6.04 Å². The molecule has 11 nitrogen and oxygen atoms in total. The molecule has 1 atom stereocenters. The summed E-state index contributed by atoms with van der Waals surface area (Å²) in [5.41, 5.74) is 3.24. The number of likely N-dealkylation sites (tertiary alicyclic amines) is 1. The molecule has 0 spiro atoms. The van der Waals surface area contributed by atoms with Crippen LogP contribution in [-0.4, -0.2) is 76.5 Å². The Kier molecular flexibility index (Phi) is 9.95. The largest absolute Gasteiger partial charge is 0.480 e. The number of amides is 3. The molecule has 0 aromatic rings. The zero-order valence-electron chi connectivity index (χ0n) is 20.7. The van der Waals surface area contributed by atoms with Crippen molar-refractivity contribution in [2.45, 2.75) is 96.4 Å². The van der Waals surface area contributed by atoms with Crippen molar-refractivity contribution in [3.8, 4) is 0 Å². The van der Waals surface area contributed by atoms with Crippen LogP contribution in [0.2, 0.25) is 0 Å². The van der Waals surface area contributed by atoms with Crippen molar-refractivity contribution >= 4 is 24.1 Å². The maximum absolute atomic E-state index is 12.7. The number of carboxylic acid groups (broad SMARTS) is 1. The van der Waals surface area contributed by atoms with Crippen molar-refractivity contribution in [1.29, 1.82) is 0 Å². The molecular weight excluding hydrogens is 432 g/mol. The van der Waals surface area contributed by atoms with E-state index in [2.05, 4.69) is 10.6 Å². The second-order valence-corrected chi connectivity index (χ2v) is 10.4. The fraction of sp³-hybridized carbons (Fsp3) is 0.818. The molecule has 1 saturated heterocycles. The molecule has 0 aliphatic carbocycles. The van der Waals surface area contributed by atoms with Crippen molar-refractivity contribution in [2.24, 2.45) is 5.73 Å². The van der Waals surface area contributed by atoms with E-state index in [0.717, 1.165) is 0 Å². The average molecular weight is 473 g/mol. The monoisotopic (exact) mass is 472 g/mol. The van der Waals surface area contributed by atoms with E-state index in [1.807, 2.05) is 0 Å². The summed E-state index contributed by atoms with van der Waals surface area (Å²) >= 11 is 0. The van der Waals surface area contributed by atoms with Crippen molar-refractivity contribution in [1.82, 2.24) is 15.5 Å². The van der Waals surface area contributed by atoms with Crippen LogP contribution in [0.15, 0.2) is 0 Å². The maximum atomic E-state index is 12.7. The minimum Gasteiger partial charge on any atom is -0.480 e. The number of hydrogen-bond donors (Lipinski definition) is 4. The number of ether oxygens (including phenoxy) is 2. The van der Waals surface area contributed by atoms with Gasteiger partial charge in [-0.2, -0.15) is 0 Å². The number of nitrogens with one attached hydrogen (secondary N) is 2. The molecule has 1 unspecified atom stereocenters. The lowest BCUT2D eigenvalue weighted by atomic mass is 9.87. The highest BCUT2D eigenvalue weighted by Gasteiger charge is 2.45. The summed E-state index contributed by atoms with van der Waals surface area (Å²) in [6, 6.07) is -0.720. The van der Waals surface area contributed by atoms with Crippen LogP contribution in [0.5, 0.6) is 0 Å². The Hall–Kier alpha value is -2.56. The van der Waals surface area contributed by atoms with Crippen LogP contribution in [0.25, 0.3) is 0 Å². The Bertz CT molecular complexity index is 705. The molecule has 190 valence electrons. The highest BCUT2D eigenvalue weighted by molar-refractivity contribution is 5.86. The van der Waals surface area contributed by atoms with Gasteiger partial charge < -0.3 is 35.8 Å². The number of rotatable bonds is 8. The molecule has 11 heteroatoms. The van der Waals surface area contributed by atoms with Gasteiger partial charge in [-0.15, -0.1) is 0 Å². The van der Waals surface area contributed by atoms with Crippen LogP contribution in [0.4, 0.5) is 9.59 Å². The van der Waals surface area contributed by atoms with Crippen LogP contribution in [0, 0.1) is 0 Å². The van der Waals surface area contributed by atoms with Gasteiger partial charge >= 0.3 is 18.2 Å². The van der Waals surface area contributed by atoms with Gasteiger partial charge in [-0.1, -0.05) is 0 Å². The highest BCUT2D eigenvalue weighted by atomic mass is 16.6. The number of nitrogens with zero attached hydrogens (tertiary/aromatic N) is 1. The van der Waals surface area contributed by atoms with Gasteiger partial charge in [0.2, 0.25) is 5.91 Å². The topological polar surface area (TPSA) is 160 Å². The standard InChI is InChI=1S/C22H40N4O7/c1-20(2,3)32-18(30)24-12-8-7-9-15(23)16(27)26-13-10-22(11-14-26,17(28)29)25-19(31)33-21(4,5)6/h15H,7-14,23H2,1-6H3,(H,24,30)(H,25,31)(H,28,29). The van der Waals surface area contributed by atoms with Gasteiger partial charge in [-0.05, 0) is 73.6 Å². The molecule has 0 saturated carbocycles. The summed E-state index contributed by atoms with van der Waals surface area (Å²) in [4.78, 5) is 49.8. The normalized spacial score (nSPS) is 17.0. The van der Waals surface area contributed by atoms with Gasteiger partial charge in [0.15, 0.2) is 0 Å². The molecule has 0 radical (unpaired) electrons. The lowest BCUT2D eigenvalue weighted by Gasteiger charge is -2.40. The molecule has 1 aliphatic rings. The molecular formula is C22H40N4O7. The van der Waals surface area contributed by atoms with E-state index in [-0.39, 0.29) is 31.8 Å². The number of carboxylic acids is 1. The first-order chi connectivity index (χ1) is 15.0. The summed E-state index contributed by atoms with van der Waals surface area (Å²) in [6.45, 7) is 11.2. The Morgan fingerprint density at radius 2 is 1.48 bits per heavy atom. The van der Waals surface area contributed by atoms with Crippen LogP contribution in [0.3, 0.4) is 0 Å². The van der Waals surface area contributed by atoms with Crippen molar-refractivity contribution in [3.63, 3.8) is 0 Å². The lowest BCUT2D eigenvalue weighted by Crippen LogP contribution is -2.62. The smallest absolute Gasteiger partial charge is 0.408 e. The van der Waals surface area contributed by atoms with Crippen molar-refractivity contribution in [2.75, 3.05) is 19.6 Å². The second kappa shape index (κ2) is 11.5. The summed E-state index contributed by atoms with van der Waals surface area (Å²) in [7, 11) is 0. The molecule has 1 aliphatic heterocycles. The van der Waals surface area contributed by atoms with E-state index >= 15 is 0 Å². The van der Waals surface area contributed by atoms with Crippen molar-refractivity contribution < 1.29 is 33.8 Å². The molecule has 0 aromatic heterocycles. The lowest BCUT2D eigenvalue weighted by molar-refractivity contribution is -0.149. The van der Waals surface area contributed by atoms with E-state index < -0.39 is 40.9 Å². The molecule has 1 fully saturated rings. The van der Waals surface area contributed by atoms with Crippen LogP contribution in [-0.2, 0) is 19.1 Å². The number of aliphatic carboxylic acids is 1. The third-order valence-electron chi connectivity index (χ3n) is 5.01. The number of piperidine rings is 1. The number of carbonyl (C=O) groups is 4. The predicted molar refractivity (Wildman–Crippen MR) is 122 cm³/mol. The Balaban J connectivity index is 2.45. The van der Waals surface area contributed by atoms with Gasteiger partial charge in [-0.25, -0.2) is 14.4 Å². The quantitative estimate of drug-likeness (QED) is 0.390. The third-order valence-corrected chi connectivity index (χ3v) is 5.01. The summed E-state index contributed by atoms with van der Waals surface area (Å²) < 4.78 is 10.3. The number of carbonyl (C=O) groups excluding carboxylic acids is 3. The Labute approximate surface area is 195 Å². The second-order valence-electron chi connectivity index (χ2n) is 10.4. The maximum Gasteiger partial charge on any atom is 0.408 e. The van der Waals surface area contributed by atoms with Crippen LogP contribution >= 0.6 is 0 Å².